The number of nitrogens with one attached hydrogen (secondary N) is 3. The van der Waals surface area contributed by atoms with Gasteiger partial charge in [-0.15, -0.1) is 0 Å². The zero-order valence-electron chi connectivity index (χ0n) is 35.9. The third-order valence-corrected chi connectivity index (χ3v) is 15.4. The highest BCUT2D eigenvalue weighted by atomic mass is 35.5. The Balaban J connectivity index is 0.000000144. The number of rotatable bonds is 10. The largest absolute Gasteiger partial charge is 0.497 e. The normalized spacial score (nSPS) is 16.0. The van der Waals surface area contributed by atoms with Crippen LogP contribution < -0.4 is 20.7 Å². The molecule has 336 valence electrons. The van der Waals surface area contributed by atoms with E-state index in [-0.39, 0.29) is 29.2 Å². The summed E-state index contributed by atoms with van der Waals surface area (Å²) in [6.45, 7) is 5.84. The molecule has 3 heterocycles. The molecule has 0 atom stereocenters. The summed E-state index contributed by atoms with van der Waals surface area (Å²) in [4.78, 5) is 5.94. The molecule has 0 spiro atoms. The van der Waals surface area contributed by atoms with Gasteiger partial charge in [-0.05, 0) is 198 Å². The van der Waals surface area contributed by atoms with E-state index < -0.39 is 0 Å². The van der Waals surface area contributed by atoms with Crippen LogP contribution >= 0.6 is 46.9 Å². The molecular weight excluding hydrogens is 890 g/mol. The average molecular weight is 945 g/mol. The van der Waals surface area contributed by atoms with E-state index in [1.807, 2.05) is 66.7 Å². The second kappa shape index (κ2) is 24.5. The van der Waals surface area contributed by atoms with E-state index in [2.05, 4.69) is 16.0 Å². The lowest BCUT2D eigenvalue weighted by Gasteiger charge is -2.25. The van der Waals surface area contributed by atoms with E-state index >= 15 is 0 Å². The first kappa shape index (κ1) is 48.0. The predicted octanol–water partition coefficient (Wildman–Crippen LogP) is 14.1. The van der Waals surface area contributed by atoms with Crippen LogP contribution in [-0.2, 0) is 0 Å². The molecule has 0 aromatic heterocycles. The van der Waals surface area contributed by atoms with Crippen LogP contribution in [0.25, 0.3) is 0 Å². The molecule has 6 aromatic rings. The monoisotopic (exact) mass is 943 g/mol. The Morgan fingerprint density at radius 2 is 0.922 bits per heavy atom. The molecule has 12 heteroatoms. The zero-order valence-corrected chi connectivity index (χ0v) is 39.1. The Hall–Kier alpha value is -3.94. The quantitative estimate of drug-likeness (QED) is 0.118. The zero-order chi connectivity index (χ0) is 44.7. The van der Waals surface area contributed by atoms with Crippen molar-refractivity contribution in [2.75, 3.05) is 46.4 Å². The lowest BCUT2D eigenvalue weighted by Crippen LogP contribution is -2.27. The summed E-state index contributed by atoms with van der Waals surface area (Å²) >= 11 is 10.9. The lowest BCUT2D eigenvalue weighted by molar-refractivity contribution is 0.414. The minimum absolute atomic E-state index is 0.0783. The van der Waals surface area contributed by atoms with Crippen LogP contribution in [-0.4, -0.2) is 46.4 Å². The smallest absolute Gasteiger partial charge is 0.127 e. The van der Waals surface area contributed by atoms with Crippen molar-refractivity contribution in [1.29, 1.82) is 0 Å². The maximum Gasteiger partial charge on any atom is 0.127 e. The van der Waals surface area contributed by atoms with E-state index in [1.165, 1.54) is 35.5 Å². The van der Waals surface area contributed by atoms with Crippen LogP contribution in [0.4, 0.5) is 17.6 Å². The number of methoxy groups -OCH3 is 1. The van der Waals surface area contributed by atoms with Crippen LogP contribution in [0, 0.1) is 23.3 Å². The van der Waals surface area contributed by atoms with E-state index in [4.69, 9.17) is 16.3 Å². The minimum atomic E-state index is -0.253. The standard InChI is InChI=1S/C18H20FNOS.C17H17ClFNS.C17H17F2NS/c1-21-14-5-7-15(8-6-14)22-17-4-2-3-16(19)18(17)13-9-11-20-12-10-13;18-15-3-1-2-4-16(15)21-17-11-13(19)5-6-14(17)12-7-9-20-10-8-12;18-13-4-6-14(7-5-13)21-16-3-1-2-15(19)17(16)12-8-10-20-11-9-12/h2-8,13,20H,9-12H2,1H3;1-6,11-12,20H,7-10H2;1-7,12,20H,8-11H2. The molecule has 0 saturated carbocycles. The van der Waals surface area contributed by atoms with Crippen LogP contribution in [0.5, 0.6) is 5.75 Å². The molecule has 0 aliphatic carbocycles. The number of benzene rings is 6. The average Bonchev–Trinajstić information content (AvgIpc) is 3.32. The number of hydrogen-bond donors (Lipinski definition) is 3. The number of halogens is 5. The van der Waals surface area contributed by atoms with Crippen LogP contribution in [0.3, 0.4) is 0 Å². The highest BCUT2D eigenvalue weighted by Crippen LogP contribution is 2.42. The fraction of sp³-hybridized carbons (Fsp3) is 0.308. The third-order valence-electron chi connectivity index (χ3n) is 11.7. The van der Waals surface area contributed by atoms with Gasteiger partial charge < -0.3 is 20.7 Å². The number of ether oxygens (including phenoxy) is 1. The Labute approximate surface area is 393 Å². The van der Waals surface area contributed by atoms with E-state index in [0.29, 0.717) is 16.9 Å². The van der Waals surface area contributed by atoms with Crippen molar-refractivity contribution >= 4 is 46.9 Å². The first-order chi connectivity index (χ1) is 31.2. The Morgan fingerprint density at radius 3 is 1.42 bits per heavy atom. The van der Waals surface area contributed by atoms with Gasteiger partial charge in [0, 0.05) is 40.5 Å². The predicted molar refractivity (Wildman–Crippen MR) is 257 cm³/mol. The van der Waals surface area contributed by atoms with Gasteiger partial charge in [-0.2, -0.15) is 0 Å². The maximum absolute atomic E-state index is 14.4. The summed E-state index contributed by atoms with van der Waals surface area (Å²) < 4.78 is 60.5. The molecule has 3 fully saturated rings. The number of hydrogen-bond acceptors (Lipinski definition) is 7. The van der Waals surface area contributed by atoms with Crippen LogP contribution in [0.15, 0.2) is 157 Å². The first-order valence-corrected chi connectivity index (χ1v) is 24.7. The molecule has 0 unspecified atom stereocenters. The second-order valence-electron chi connectivity index (χ2n) is 15.9. The van der Waals surface area contributed by atoms with Crippen LogP contribution in [0.2, 0.25) is 5.02 Å². The Bertz CT molecular complexity index is 2390. The summed E-state index contributed by atoms with van der Waals surface area (Å²) in [5, 5.41) is 10.7. The molecule has 9 rings (SSSR count). The molecule has 64 heavy (non-hydrogen) atoms. The highest BCUT2D eigenvalue weighted by molar-refractivity contribution is 8.00. The van der Waals surface area contributed by atoms with Gasteiger partial charge in [0.15, 0.2) is 0 Å². The lowest BCUT2D eigenvalue weighted by atomic mass is 9.90. The fourth-order valence-electron chi connectivity index (χ4n) is 8.34. The van der Waals surface area contributed by atoms with Gasteiger partial charge in [-0.25, -0.2) is 17.6 Å². The fourth-order valence-corrected chi connectivity index (χ4v) is 11.8. The van der Waals surface area contributed by atoms with Gasteiger partial charge in [0.1, 0.15) is 29.0 Å². The molecule has 3 aliphatic rings. The molecule has 0 radical (unpaired) electrons. The summed E-state index contributed by atoms with van der Waals surface area (Å²) in [6, 6.07) is 37.7. The van der Waals surface area contributed by atoms with Crippen LogP contribution in [0.1, 0.15) is 73.0 Å². The minimum Gasteiger partial charge on any atom is -0.497 e. The second-order valence-corrected chi connectivity index (χ2v) is 19.6. The summed E-state index contributed by atoms with van der Waals surface area (Å²) in [5.74, 6) is 1.25. The van der Waals surface area contributed by atoms with Crippen molar-refractivity contribution in [3.05, 3.63) is 172 Å². The highest BCUT2D eigenvalue weighted by Gasteiger charge is 2.24. The molecule has 3 aliphatic heterocycles. The van der Waals surface area contributed by atoms with Crippen molar-refractivity contribution in [1.82, 2.24) is 16.0 Å². The molecular formula is C52H54ClF4N3OS3. The van der Waals surface area contributed by atoms with Gasteiger partial charge in [0.05, 0.1) is 12.1 Å². The first-order valence-electron chi connectivity index (χ1n) is 21.9. The van der Waals surface area contributed by atoms with E-state index in [0.717, 1.165) is 124 Å². The van der Waals surface area contributed by atoms with E-state index in [1.54, 1.807) is 73.1 Å². The molecule has 0 bridgehead atoms. The Morgan fingerprint density at radius 1 is 0.469 bits per heavy atom. The van der Waals surface area contributed by atoms with Gasteiger partial charge in [-0.3, -0.25) is 0 Å². The Kier molecular flexibility index (Phi) is 18.4. The molecule has 3 N–H and O–H groups in total. The summed E-state index contributed by atoms with van der Waals surface area (Å²) in [5.41, 5.74) is 2.93. The van der Waals surface area contributed by atoms with Gasteiger partial charge in [0.2, 0.25) is 0 Å². The van der Waals surface area contributed by atoms with E-state index in [9.17, 15) is 17.6 Å². The topological polar surface area (TPSA) is 45.3 Å². The van der Waals surface area contributed by atoms with Crippen molar-refractivity contribution in [3.8, 4) is 5.75 Å². The maximum atomic E-state index is 14.4. The van der Waals surface area contributed by atoms with Crippen molar-refractivity contribution in [2.24, 2.45) is 0 Å². The van der Waals surface area contributed by atoms with Gasteiger partial charge in [-0.1, -0.05) is 77.2 Å². The van der Waals surface area contributed by atoms with Crippen molar-refractivity contribution in [2.45, 2.75) is 85.7 Å². The summed E-state index contributed by atoms with van der Waals surface area (Å²) in [7, 11) is 1.66. The van der Waals surface area contributed by atoms with Gasteiger partial charge in [0.25, 0.3) is 0 Å². The molecule has 4 nitrogen and oxygen atoms in total. The summed E-state index contributed by atoms with van der Waals surface area (Å²) in [6.07, 6.45) is 6.10. The SMILES string of the molecule is COc1ccc(Sc2cccc(F)c2C2CCNCC2)cc1.Fc1ccc(C2CCNCC2)c(Sc2ccccc2Cl)c1.Fc1ccc(Sc2cccc(F)c2C2CCNCC2)cc1. The van der Waals surface area contributed by atoms with Crippen molar-refractivity contribution < 1.29 is 22.3 Å². The third kappa shape index (κ3) is 13.6. The van der Waals surface area contributed by atoms with Gasteiger partial charge >= 0.3 is 0 Å². The molecule has 3 saturated heterocycles. The molecule has 0 amide bonds. The van der Waals surface area contributed by atoms with Crippen molar-refractivity contribution in [3.63, 3.8) is 0 Å². The number of piperidine rings is 3. The molecule has 6 aromatic carbocycles.